The molecule has 0 aromatic carbocycles. The van der Waals surface area contributed by atoms with Crippen molar-refractivity contribution < 1.29 is 9.50 Å². The maximum absolute atomic E-state index is 11.1. The van der Waals surface area contributed by atoms with E-state index < -0.39 is 6.10 Å². The number of dihydropyridines is 1. The van der Waals surface area contributed by atoms with Crippen molar-refractivity contribution in [3.05, 3.63) is 89.8 Å². The first kappa shape index (κ1) is 20.7. The topological polar surface area (TPSA) is 37.2 Å². The van der Waals surface area contributed by atoms with E-state index in [1.54, 1.807) is 17.4 Å². The number of halogens is 1. The Labute approximate surface area is 164 Å². The number of aliphatic hydroxyl groups excluding tert-OH is 1. The average molecular weight is 385 g/mol. The Bertz CT molecular complexity index is 857. The summed E-state index contributed by atoms with van der Waals surface area (Å²) in [5, 5.41) is 16.3. The fourth-order valence-corrected chi connectivity index (χ4v) is 3.65. The second-order valence-corrected chi connectivity index (χ2v) is 6.71. The van der Waals surface area contributed by atoms with Crippen LogP contribution in [0.2, 0.25) is 0 Å². The van der Waals surface area contributed by atoms with Gasteiger partial charge in [-0.3, -0.25) is 4.39 Å². The average Bonchev–Trinajstić information content (AvgIpc) is 3.35. The molecule has 1 aliphatic rings. The van der Waals surface area contributed by atoms with Crippen LogP contribution in [0.5, 0.6) is 0 Å². The van der Waals surface area contributed by atoms with E-state index in [4.69, 9.17) is 0 Å². The van der Waals surface area contributed by atoms with Crippen molar-refractivity contribution in [1.82, 2.24) is 9.88 Å². The molecule has 2 N–H and O–H groups in total. The molecule has 2 aromatic rings. The Balaban J connectivity index is 0.00000126. The summed E-state index contributed by atoms with van der Waals surface area (Å²) < 4.78 is 11.6. The second-order valence-electron chi connectivity index (χ2n) is 5.77. The molecule has 5 heteroatoms. The van der Waals surface area contributed by atoms with Crippen LogP contribution in [0, 0.1) is 0 Å². The lowest BCUT2D eigenvalue weighted by Crippen LogP contribution is -2.13. The minimum absolute atomic E-state index is 0.500. The Morgan fingerprint density at radius 3 is 2.78 bits per heavy atom. The maximum atomic E-state index is 11.1. The van der Waals surface area contributed by atoms with Crippen LogP contribution in [0.4, 0.5) is 4.39 Å². The van der Waals surface area contributed by atoms with Crippen molar-refractivity contribution in [3.8, 4) is 10.4 Å². The summed E-state index contributed by atoms with van der Waals surface area (Å²) in [6.07, 6.45) is 16.8. The number of aliphatic hydroxyl groups is 1. The molecule has 0 saturated carbocycles. The number of nitrogens with zero attached hydrogens (tertiary/aromatic N) is 1. The van der Waals surface area contributed by atoms with Gasteiger partial charge in [-0.2, -0.15) is 0 Å². The van der Waals surface area contributed by atoms with Crippen molar-refractivity contribution in [2.24, 2.45) is 7.05 Å². The van der Waals surface area contributed by atoms with E-state index in [0.29, 0.717) is 7.18 Å². The zero-order valence-electron chi connectivity index (χ0n) is 15.6. The first-order chi connectivity index (χ1) is 13.2. The van der Waals surface area contributed by atoms with Crippen LogP contribution in [0.1, 0.15) is 17.4 Å². The van der Waals surface area contributed by atoms with Gasteiger partial charge in [-0.05, 0) is 17.5 Å². The molecule has 1 atom stereocenters. The van der Waals surface area contributed by atoms with E-state index in [-0.39, 0.29) is 0 Å². The highest BCUT2D eigenvalue weighted by molar-refractivity contribution is 7.13. The molecule has 2 aromatic heterocycles. The summed E-state index contributed by atoms with van der Waals surface area (Å²) in [4.78, 5) is 1.15. The van der Waals surface area contributed by atoms with Gasteiger partial charge in [0.05, 0.1) is 7.18 Å². The Morgan fingerprint density at radius 1 is 1.33 bits per heavy atom. The molecule has 0 fully saturated rings. The van der Waals surface area contributed by atoms with Gasteiger partial charge in [0.25, 0.3) is 0 Å². The highest BCUT2D eigenvalue weighted by Gasteiger charge is 2.23. The predicted octanol–water partition coefficient (Wildman–Crippen LogP) is 5.17. The van der Waals surface area contributed by atoms with E-state index in [1.807, 2.05) is 55.8 Å². The molecular formula is C22H25FN2OS. The van der Waals surface area contributed by atoms with Gasteiger partial charge in [0, 0.05) is 53.3 Å². The van der Waals surface area contributed by atoms with Crippen LogP contribution in [-0.4, -0.2) is 23.4 Å². The Morgan fingerprint density at radius 2 is 2.15 bits per heavy atom. The molecule has 0 bridgehead atoms. The third-order valence-corrected chi connectivity index (χ3v) is 4.97. The Hall–Kier alpha value is -2.63. The van der Waals surface area contributed by atoms with Gasteiger partial charge in [-0.25, -0.2) is 0 Å². The predicted molar refractivity (Wildman–Crippen MR) is 114 cm³/mol. The number of aryl methyl sites for hydroxylation is 1. The van der Waals surface area contributed by atoms with E-state index in [1.165, 1.54) is 0 Å². The van der Waals surface area contributed by atoms with Crippen LogP contribution in [0.15, 0.2) is 78.5 Å². The van der Waals surface area contributed by atoms with E-state index >= 15 is 0 Å². The molecule has 0 aliphatic carbocycles. The molecule has 142 valence electrons. The van der Waals surface area contributed by atoms with Crippen LogP contribution in [0.25, 0.3) is 16.5 Å². The third-order valence-electron chi connectivity index (χ3n) is 4.07. The molecule has 3 rings (SSSR count). The minimum atomic E-state index is -0.689. The van der Waals surface area contributed by atoms with Gasteiger partial charge in [0.1, 0.15) is 6.10 Å². The van der Waals surface area contributed by atoms with E-state index in [0.717, 1.165) is 33.8 Å². The van der Waals surface area contributed by atoms with Crippen molar-refractivity contribution >= 4 is 17.4 Å². The van der Waals surface area contributed by atoms with Crippen LogP contribution >= 0.6 is 11.3 Å². The molecule has 0 amide bonds. The molecule has 0 spiro atoms. The number of hydrogen-bond acceptors (Lipinski definition) is 3. The summed E-state index contributed by atoms with van der Waals surface area (Å²) in [5.41, 5.74) is 3.85. The Kier molecular flexibility index (Phi) is 8.04. The molecule has 0 saturated heterocycles. The third kappa shape index (κ3) is 4.96. The largest absolute Gasteiger partial charge is 0.387 e. The molecule has 3 nitrogen and oxygen atoms in total. The monoisotopic (exact) mass is 384 g/mol. The van der Waals surface area contributed by atoms with Crippen molar-refractivity contribution in [2.45, 2.75) is 6.10 Å². The molecule has 0 radical (unpaired) electrons. The molecule has 27 heavy (non-hydrogen) atoms. The summed E-state index contributed by atoms with van der Waals surface area (Å²) in [5.74, 6) is 0. The molecule has 1 unspecified atom stereocenters. The first-order valence-electron chi connectivity index (χ1n) is 8.57. The lowest BCUT2D eigenvalue weighted by atomic mass is 9.96. The lowest BCUT2D eigenvalue weighted by Gasteiger charge is -2.17. The number of aromatic nitrogens is 1. The second kappa shape index (κ2) is 10.5. The lowest BCUT2D eigenvalue weighted by molar-refractivity contribution is 0.219. The van der Waals surface area contributed by atoms with E-state index in [9.17, 15) is 9.50 Å². The molecular weight excluding hydrogens is 359 g/mol. The zero-order valence-corrected chi connectivity index (χ0v) is 16.4. The number of nitrogens with one attached hydrogen (secondary N) is 1. The molecule has 3 heterocycles. The van der Waals surface area contributed by atoms with Crippen molar-refractivity contribution in [1.29, 1.82) is 0 Å². The quantitative estimate of drug-likeness (QED) is 0.674. The number of allylic oxidation sites excluding steroid dienone is 4. The van der Waals surface area contributed by atoms with Crippen LogP contribution < -0.4 is 5.32 Å². The zero-order chi connectivity index (χ0) is 19.6. The summed E-state index contributed by atoms with van der Waals surface area (Å²) in [6.45, 7) is 4.47. The van der Waals surface area contributed by atoms with Gasteiger partial charge in [0.2, 0.25) is 0 Å². The fourth-order valence-electron chi connectivity index (χ4n) is 2.90. The standard InChI is InChI=1S/C21H22N2OS.CH3F/c1-3-4-5-6-10-18-20(21(24)16-9-7-12-22-14-16)17(15-23(18)2)19-11-8-13-25-19;1-2/h3-11,13-15,21-22,24H,1,12H2,2H3;1H3/b5-4-,10-6+;. The van der Waals surface area contributed by atoms with Gasteiger partial charge in [0.15, 0.2) is 0 Å². The molecule has 1 aliphatic heterocycles. The summed E-state index contributed by atoms with van der Waals surface area (Å²) >= 11 is 1.68. The van der Waals surface area contributed by atoms with Crippen LogP contribution in [0.3, 0.4) is 0 Å². The van der Waals surface area contributed by atoms with E-state index in [2.05, 4.69) is 34.1 Å². The van der Waals surface area contributed by atoms with Gasteiger partial charge >= 0.3 is 0 Å². The number of alkyl halides is 1. The summed E-state index contributed by atoms with van der Waals surface area (Å²) in [7, 11) is 2.51. The van der Waals surface area contributed by atoms with Crippen molar-refractivity contribution in [3.63, 3.8) is 0 Å². The number of thiophene rings is 1. The maximum Gasteiger partial charge on any atom is 0.108 e. The first-order valence-corrected chi connectivity index (χ1v) is 9.45. The smallest absolute Gasteiger partial charge is 0.108 e. The van der Waals surface area contributed by atoms with Gasteiger partial charge in [-0.15, -0.1) is 11.3 Å². The minimum Gasteiger partial charge on any atom is -0.387 e. The fraction of sp³-hybridized carbons (Fsp3) is 0.182. The van der Waals surface area contributed by atoms with Crippen LogP contribution in [-0.2, 0) is 7.05 Å². The highest BCUT2D eigenvalue weighted by atomic mass is 32.1. The van der Waals surface area contributed by atoms with Gasteiger partial charge < -0.3 is 15.0 Å². The summed E-state index contributed by atoms with van der Waals surface area (Å²) in [6, 6.07) is 4.12. The SMILES string of the molecule is C=C/C=C\C=C\c1c(C(O)C2=CNCC=C2)c(-c2cccs2)cn1C.CF. The van der Waals surface area contributed by atoms with Gasteiger partial charge in [-0.1, -0.05) is 49.1 Å². The normalized spacial score (nSPS) is 14.6. The van der Waals surface area contributed by atoms with Crippen molar-refractivity contribution in [2.75, 3.05) is 13.7 Å². The number of hydrogen-bond donors (Lipinski definition) is 2. The highest BCUT2D eigenvalue weighted by Crippen LogP contribution is 2.38. The number of rotatable bonds is 6.